The lowest BCUT2D eigenvalue weighted by Gasteiger charge is -2.38. The summed E-state index contributed by atoms with van der Waals surface area (Å²) < 4.78 is 0.406. The van der Waals surface area contributed by atoms with Crippen LogP contribution in [0.5, 0.6) is 0 Å². The molecule has 1 aliphatic carbocycles. The van der Waals surface area contributed by atoms with Gasteiger partial charge in [-0.05, 0) is 32.6 Å². The Hall–Kier alpha value is -0.530. The number of rotatable bonds is 4. The molecule has 2 fully saturated rings. The average Bonchev–Trinajstić information content (AvgIpc) is 2.67. The highest BCUT2D eigenvalue weighted by molar-refractivity contribution is 8.24. The first kappa shape index (κ1) is 18.8. The van der Waals surface area contributed by atoms with Gasteiger partial charge in [0.2, 0.25) is 0 Å². The minimum Gasteiger partial charge on any atom is -0.333 e. The summed E-state index contributed by atoms with van der Waals surface area (Å²) >= 11 is 7.02. The van der Waals surface area contributed by atoms with Gasteiger partial charge in [-0.1, -0.05) is 57.1 Å². The summed E-state index contributed by atoms with van der Waals surface area (Å²) in [5.74, 6) is 0.403. The fourth-order valence-electron chi connectivity index (χ4n) is 3.40. The second-order valence-corrected chi connectivity index (χ2v) is 9.81. The van der Waals surface area contributed by atoms with Crippen molar-refractivity contribution in [1.29, 1.82) is 0 Å². The number of thioether (sulfide) groups is 1. The van der Waals surface area contributed by atoms with Gasteiger partial charge in [0, 0.05) is 12.6 Å². The zero-order valence-electron chi connectivity index (χ0n) is 14.5. The van der Waals surface area contributed by atoms with E-state index in [0.717, 1.165) is 41.6 Å². The van der Waals surface area contributed by atoms with Crippen molar-refractivity contribution in [2.75, 3.05) is 6.54 Å². The van der Waals surface area contributed by atoms with Gasteiger partial charge in [-0.3, -0.25) is 5.21 Å². The van der Waals surface area contributed by atoms with Crippen molar-refractivity contribution in [3.05, 3.63) is 0 Å². The first-order chi connectivity index (χ1) is 10.7. The van der Waals surface area contributed by atoms with Gasteiger partial charge in [-0.25, -0.2) is 4.79 Å². The van der Waals surface area contributed by atoms with Crippen molar-refractivity contribution in [1.82, 2.24) is 15.3 Å². The smallest absolute Gasteiger partial charge is 0.333 e. The molecule has 0 aromatic carbocycles. The summed E-state index contributed by atoms with van der Waals surface area (Å²) in [5, 5.41) is 14.4. The first-order valence-corrected chi connectivity index (χ1v) is 9.73. The number of hydrogen-bond donors (Lipinski definition) is 2. The van der Waals surface area contributed by atoms with Gasteiger partial charge in [-0.2, -0.15) is 5.06 Å². The molecule has 132 valence electrons. The number of nitrogens with zero attached hydrogens (tertiary/aromatic N) is 2. The van der Waals surface area contributed by atoms with Crippen molar-refractivity contribution in [3.8, 4) is 0 Å². The Bertz CT molecular complexity index is 451. The first-order valence-electron chi connectivity index (χ1n) is 8.50. The highest BCUT2D eigenvalue weighted by Gasteiger charge is 2.49. The second kappa shape index (κ2) is 7.57. The normalized spacial score (nSPS) is 25.0. The summed E-state index contributed by atoms with van der Waals surface area (Å²) in [6.07, 6.45) is 5.08. The van der Waals surface area contributed by atoms with E-state index >= 15 is 0 Å². The molecule has 23 heavy (non-hydrogen) atoms. The summed E-state index contributed by atoms with van der Waals surface area (Å²) in [4.78, 5) is 14.5. The van der Waals surface area contributed by atoms with Crippen LogP contribution in [0.4, 0.5) is 4.79 Å². The molecule has 7 heteroatoms. The molecule has 1 saturated carbocycles. The third kappa shape index (κ3) is 4.51. The number of urea groups is 1. The third-order valence-corrected chi connectivity index (χ3v) is 6.07. The van der Waals surface area contributed by atoms with Crippen LogP contribution in [0.25, 0.3) is 0 Å². The summed E-state index contributed by atoms with van der Waals surface area (Å²) in [6.45, 7) is 8.99. The zero-order chi connectivity index (χ0) is 17.2. The maximum atomic E-state index is 12.5. The zero-order valence-corrected chi connectivity index (χ0v) is 16.2. The maximum absolute atomic E-state index is 12.5. The van der Waals surface area contributed by atoms with Crippen LogP contribution in [-0.2, 0) is 0 Å². The van der Waals surface area contributed by atoms with E-state index in [1.54, 1.807) is 11.8 Å². The molecular formula is C16H29N3O2S2. The predicted molar refractivity (Wildman–Crippen MR) is 98.6 cm³/mol. The van der Waals surface area contributed by atoms with Gasteiger partial charge in [0.05, 0.1) is 4.75 Å². The Balaban J connectivity index is 2.08. The second-order valence-electron chi connectivity index (χ2n) is 7.52. The lowest BCUT2D eigenvalue weighted by molar-refractivity contribution is -0.120. The van der Waals surface area contributed by atoms with Crippen molar-refractivity contribution >= 4 is 34.3 Å². The number of amides is 2. The molecule has 0 unspecified atom stereocenters. The van der Waals surface area contributed by atoms with Crippen LogP contribution in [0, 0.1) is 5.92 Å². The Morgan fingerprint density at radius 1 is 1.43 bits per heavy atom. The quantitative estimate of drug-likeness (QED) is 0.454. The molecule has 0 radical (unpaired) electrons. The predicted octanol–water partition coefficient (Wildman–Crippen LogP) is 3.81. The summed E-state index contributed by atoms with van der Waals surface area (Å²) in [6, 6.07) is -0.234. The number of carbonyl (C=O) groups excluding carboxylic acids is 1. The lowest BCUT2D eigenvalue weighted by Crippen LogP contribution is -2.58. The van der Waals surface area contributed by atoms with Crippen molar-refractivity contribution < 1.29 is 10.0 Å². The number of nitrogens with one attached hydrogen (secondary N) is 1. The van der Waals surface area contributed by atoms with E-state index < -0.39 is 12.2 Å². The van der Waals surface area contributed by atoms with Crippen LogP contribution in [0.1, 0.15) is 59.8 Å². The van der Waals surface area contributed by atoms with E-state index in [1.807, 2.05) is 18.7 Å². The minimum absolute atomic E-state index is 0.175. The maximum Gasteiger partial charge on any atom is 0.343 e. The van der Waals surface area contributed by atoms with Crippen molar-refractivity contribution in [2.24, 2.45) is 5.92 Å². The molecule has 2 amide bonds. The highest BCUT2D eigenvalue weighted by atomic mass is 32.2. The van der Waals surface area contributed by atoms with Crippen LogP contribution in [0.15, 0.2) is 0 Å². The third-order valence-electron chi connectivity index (χ3n) is 4.44. The molecule has 0 aromatic rings. The van der Waals surface area contributed by atoms with E-state index in [-0.39, 0.29) is 10.8 Å². The van der Waals surface area contributed by atoms with Crippen molar-refractivity contribution in [2.45, 2.75) is 76.8 Å². The Labute approximate surface area is 149 Å². The van der Waals surface area contributed by atoms with Crippen molar-refractivity contribution in [3.63, 3.8) is 0 Å². The fourth-order valence-corrected chi connectivity index (χ4v) is 5.30. The molecule has 5 nitrogen and oxygen atoms in total. The molecule has 2 rings (SSSR count). The van der Waals surface area contributed by atoms with E-state index in [4.69, 9.17) is 12.2 Å². The minimum atomic E-state index is -0.439. The van der Waals surface area contributed by atoms with Gasteiger partial charge in [0.25, 0.3) is 0 Å². The average molecular weight is 360 g/mol. The Morgan fingerprint density at radius 2 is 2.04 bits per heavy atom. The van der Waals surface area contributed by atoms with Crippen LogP contribution >= 0.6 is 24.0 Å². The molecule has 1 saturated heterocycles. The molecule has 1 heterocycles. The van der Waals surface area contributed by atoms with Gasteiger partial charge >= 0.3 is 6.03 Å². The SMILES string of the molecule is CC(C)CN1C(=S)SC(C)(C)[C@@H]1N(O)C(=O)NC1CCCCC1. The number of hydroxylamine groups is 2. The van der Waals surface area contributed by atoms with Crippen LogP contribution in [0.2, 0.25) is 0 Å². The van der Waals surface area contributed by atoms with Crippen LogP contribution in [0.3, 0.4) is 0 Å². The molecule has 2 aliphatic rings. The largest absolute Gasteiger partial charge is 0.343 e. The Morgan fingerprint density at radius 3 is 2.61 bits per heavy atom. The lowest BCUT2D eigenvalue weighted by atomic mass is 9.96. The fraction of sp³-hybridized carbons (Fsp3) is 0.875. The van der Waals surface area contributed by atoms with Gasteiger partial charge in [0.1, 0.15) is 10.5 Å². The number of carbonyl (C=O) groups is 1. The molecule has 0 spiro atoms. The molecule has 0 bridgehead atoms. The summed E-state index contributed by atoms with van der Waals surface area (Å²) in [5.41, 5.74) is 0. The topological polar surface area (TPSA) is 55.8 Å². The van der Waals surface area contributed by atoms with E-state index in [2.05, 4.69) is 19.2 Å². The van der Waals surface area contributed by atoms with Gasteiger partial charge in [0.15, 0.2) is 0 Å². The summed E-state index contributed by atoms with van der Waals surface area (Å²) in [7, 11) is 0. The molecule has 0 aromatic heterocycles. The van der Waals surface area contributed by atoms with E-state index in [1.165, 1.54) is 6.42 Å². The number of thiocarbonyl (C=S) groups is 1. The van der Waals surface area contributed by atoms with Gasteiger partial charge < -0.3 is 10.2 Å². The van der Waals surface area contributed by atoms with E-state index in [0.29, 0.717) is 5.92 Å². The number of hydrogen-bond acceptors (Lipinski definition) is 4. The van der Waals surface area contributed by atoms with Crippen LogP contribution in [-0.4, -0.2) is 49.0 Å². The highest BCUT2D eigenvalue weighted by Crippen LogP contribution is 2.42. The molecule has 2 N–H and O–H groups in total. The molecule has 1 aliphatic heterocycles. The molecular weight excluding hydrogens is 330 g/mol. The van der Waals surface area contributed by atoms with E-state index in [9.17, 15) is 10.0 Å². The molecule has 1 atom stereocenters. The van der Waals surface area contributed by atoms with Gasteiger partial charge in [-0.15, -0.1) is 0 Å². The standard InChI is InChI=1S/C16H29N3O2S2/c1-11(2)10-18-13(16(3,4)23-15(18)22)19(21)14(20)17-12-8-6-5-7-9-12/h11-13,21H,5-10H2,1-4H3,(H,17,20)/t13-/m0/s1. The Kier molecular flexibility index (Phi) is 6.19. The monoisotopic (exact) mass is 359 g/mol. The van der Waals surface area contributed by atoms with Crippen LogP contribution < -0.4 is 5.32 Å².